The van der Waals surface area contributed by atoms with Crippen molar-refractivity contribution in [3.8, 4) is 11.1 Å². The summed E-state index contributed by atoms with van der Waals surface area (Å²) in [5.74, 6) is 0.728. The molecule has 2 N–H and O–H groups in total. The number of thiazole rings is 1. The van der Waals surface area contributed by atoms with Gasteiger partial charge in [-0.15, -0.1) is 11.3 Å². The number of nitrogens with zero attached hydrogens (tertiary/aromatic N) is 3. The Kier molecular flexibility index (Phi) is 3.85. The monoisotopic (exact) mass is 363 g/mol. The summed E-state index contributed by atoms with van der Waals surface area (Å²) >= 11 is 1.73. The van der Waals surface area contributed by atoms with Gasteiger partial charge in [-0.1, -0.05) is 25.3 Å². The topological polar surface area (TPSA) is 66.5 Å². The van der Waals surface area contributed by atoms with Gasteiger partial charge in [0.25, 0.3) is 0 Å². The average Bonchev–Trinajstić information content (AvgIpc) is 3.23. The second-order valence-corrected chi connectivity index (χ2v) is 8.29. The van der Waals surface area contributed by atoms with Crippen LogP contribution >= 0.6 is 11.3 Å². The second-order valence-electron chi connectivity index (χ2n) is 7.05. The number of aryl methyl sites for hydroxylation is 1. The lowest BCUT2D eigenvalue weighted by Crippen LogP contribution is -2.23. The number of rotatable bonds is 3. The molecule has 1 aliphatic rings. The Bertz CT molecular complexity index is 1070. The van der Waals surface area contributed by atoms with Crippen molar-refractivity contribution in [3.05, 3.63) is 35.6 Å². The van der Waals surface area contributed by atoms with Crippen molar-refractivity contribution in [1.82, 2.24) is 19.9 Å². The van der Waals surface area contributed by atoms with Gasteiger partial charge in [-0.25, -0.2) is 9.97 Å². The molecule has 3 aromatic heterocycles. The molecule has 0 amide bonds. The van der Waals surface area contributed by atoms with E-state index in [1.807, 2.05) is 19.3 Å². The molecule has 4 aromatic rings. The Morgan fingerprint density at radius 1 is 1.15 bits per heavy atom. The van der Waals surface area contributed by atoms with Gasteiger partial charge in [0.15, 0.2) is 0 Å². The van der Waals surface area contributed by atoms with Crippen molar-refractivity contribution < 1.29 is 0 Å². The van der Waals surface area contributed by atoms with Crippen LogP contribution in [0.3, 0.4) is 0 Å². The molecule has 132 valence electrons. The number of hydrogen-bond acceptors (Lipinski definition) is 5. The van der Waals surface area contributed by atoms with E-state index in [2.05, 4.69) is 38.5 Å². The van der Waals surface area contributed by atoms with Crippen molar-refractivity contribution in [3.63, 3.8) is 0 Å². The third-order valence-corrected chi connectivity index (χ3v) is 6.11. The number of hydrogen-bond donors (Lipinski definition) is 2. The van der Waals surface area contributed by atoms with Gasteiger partial charge in [-0.05, 0) is 37.5 Å². The predicted molar refractivity (Wildman–Crippen MR) is 108 cm³/mol. The maximum Gasteiger partial charge on any atom is 0.224 e. The van der Waals surface area contributed by atoms with Crippen LogP contribution in [0.25, 0.3) is 32.4 Å². The zero-order valence-corrected chi connectivity index (χ0v) is 15.6. The third-order valence-electron chi connectivity index (χ3n) is 5.18. The molecule has 0 atom stereocenters. The summed E-state index contributed by atoms with van der Waals surface area (Å²) in [6.45, 7) is 2.05. The number of nitrogens with one attached hydrogen (secondary N) is 2. The van der Waals surface area contributed by atoms with Crippen LogP contribution in [0.5, 0.6) is 0 Å². The Labute approximate surface area is 155 Å². The molecular weight excluding hydrogens is 342 g/mol. The first kappa shape index (κ1) is 15.8. The van der Waals surface area contributed by atoms with E-state index in [1.54, 1.807) is 11.3 Å². The summed E-state index contributed by atoms with van der Waals surface area (Å²) in [4.78, 5) is 17.1. The fourth-order valence-electron chi connectivity index (χ4n) is 3.85. The number of H-pyrrole nitrogens is 1. The Morgan fingerprint density at radius 3 is 2.92 bits per heavy atom. The summed E-state index contributed by atoms with van der Waals surface area (Å²) in [5, 5.41) is 5.65. The molecule has 26 heavy (non-hydrogen) atoms. The minimum Gasteiger partial charge on any atom is -0.351 e. The lowest BCUT2D eigenvalue weighted by molar-refractivity contribution is 0.461. The fraction of sp³-hybridized carbons (Fsp3) is 0.350. The Balaban J connectivity index is 1.48. The van der Waals surface area contributed by atoms with E-state index in [0.29, 0.717) is 6.04 Å². The normalized spacial score (nSPS) is 15.7. The molecule has 5 rings (SSSR count). The molecule has 1 aliphatic carbocycles. The fourth-order valence-corrected chi connectivity index (χ4v) is 4.72. The quantitative estimate of drug-likeness (QED) is 0.519. The molecule has 3 heterocycles. The van der Waals surface area contributed by atoms with Gasteiger partial charge in [0.05, 0.1) is 15.2 Å². The SMILES string of the molecule is Cc1nc2ccc(-c3c[nH]c4nc(NC5CCCCC5)ncc34)cc2s1. The summed E-state index contributed by atoms with van der Waals surface area (Å²) in [6, 6.07) is 6.93. The minimum atomic E-state index is 0.507. The van der Waals surface area contributed by atoms with Crippen LogP contribution in [0, 0.1) is 6.92 Å². The van der Waals surface area contributed by atoms with Crippen molar-refractivity contribution in [2.24, 2.45) is 0 Å². The highest BCUT2D eigenvalue weighted by Crippen LogP contribution is 2.32. The molecule has 0 unspecified atom stereocenters. The molecule has 0 radical (unpaired) electrons. The Morgan fingerprint density at radius 2 is 2.04 bits per heavy atom. The zero-order valence-electron chi connectivity index (χ0n) is 14.7. The summed E-state index contributed by atoms with van der Waals surface area (Å²) in [6.07, 6.45) is 10.3. The van der Waals surface area contributed by atoms with Crippen LogP contribution in [0.1, 0.15) is 37.1 Å². The largest absolute Gasteiger partial charge is 0.351 e. The van der Waals surface area contributed by atoms with Gasteiger partial charge in [0, 0.05) is 29.4 Å². The number of aromatic amines is 1. The maximum absolute atomic E-state index is 4.69. The predicted octanol–water partition coefficient (Wildman–Crippen LogP) is 5.29. The van der Waals surface area contributed by atoms with Crippen LogP contribution in [-0.2, 0) is 0 Å². The van der Waals surface area contributed by atoms with E-state index >= 15 is 0 Å². The molecule has 1 aromatic carbocycles. The van der Waals surface area contributed by atoms with Gasteiger partial charge in [0.1, 0.15) is 5.65 Å². The second kappa shape index (κ2) is 6.36. The molecule has 0 aliphatic heterocycles. The van der Waals surface area contributed by atoms with E-state index in [4.69, 9.17) is 4.98 Å². The van der Waals surface area contributed by atoms with E-state index in [9.17, 15) is 0 Å². The van der Waals surface area contributed by atoms with Gasteiger partial charge in [0.2, 0.25) is 5.95 Å². The summed E-state index contributed by atoms with van der Waals surface area (Å²) in [7, 11) is 0. The van der Waals surface area contributed by atoms with Gasteiger partial charge in [-0.3, -0.25) is 0 Å². The molecule has 0 saturated heterocycles. The third kappa shape index (κ3) is 2.84. The van der Waals surface area contributed by atoms with Crippen LogP contribution in [0.15, 0.2) is 30.6 Å². The number of fused-ring (bicyclic) bond motifs is 2. The van der Waals surface area contributed by atoms with Crippen LogP contribution in [-0.4, -0.2) is 26.0 Å². The molecule has 0 spiro atoms. The molecule has 0 bridgehead atoms. The lowest BCUT2D eigenvalue weighted by atomic mass is 9.96. The van der Waals surface area contributed by atoms with Crippen LogP contribution in [0.4, 0.5) is 5.95 Å². The van der Waals surface area contributed by atoms with Crippen molar-refractivity contribution in [2.75, 3.05) is 5.32 Å². The minimum absolute atomic E-state index is 0.507. The van der Waals surface area contributed by atoms with Crippen molar-refractivity contribution in [2.45, 2.75) is 45.1 Å². The standard InChI is InChI=1S/C20H21N5S/c1-12-23-17-8-7-13(9-18(17)26-12)15-10-21-19-16(15)11-22-20(25-19)24-14-5-3-2-4-6-14/h7-11,14H,2-6H2,1H3,(H2,21,22,24,25). The molecule has 1 saturated carbocycles. The van der Waals surface area contributed by atoms with Gasteiger partial charge < -0.3 is 10.3 Å². The molecule has 5 nitrogen and oxygen atoms in total. The first-order valence-corrected chi connectivity index (χ1v) is 10.1. The number of aromatic nitrogens is 4. The smallest absolute Gasteiger partial charge is 0.224 e. The van der Waals surface area contributed by atoms with Crippen LogP contribution in [0.2, 0.25) is 0 Å². The summed E-state index contributed by atoms with van der Waals surface area (Å²) in [5.41, 5.74) is 4.25. The van der Waals surface area contributed by atoms with E-state index in [-0.39, 0.29) is 0 Å². The van der Waals surface area contributed by atoms with E-state index in [0.717, 1.165) is 33.1 Å². The summed E-state index contributed by atoms with van der Waals surface area (Å²) < 4.78 is 1.21. The highest BCUT2D eigenvalue weighted by Gasteiger charge is 2.15. The highest BCUT2D eigenvalue weighted by atomic mass is 32.1. The molecular formula is C20H21N5S. The van der Waals surface area contributed by atoms with Crippen molar-refractivity contribution in [1.29, 1.82) is 0 Å². The lowest BCUT2D eigenvalue weighted by Gasteiger charge is -2.22. The van der Waals surface area contributed by atoms with Crippen LogP contribution < -0.4 is 5.32 Å². The molecule has 6 heteroatoms. The maximum atomic E-state index is 4.69. The zero-order chi connectivity index (χ0) is 17.5. The Hall–Kier alpha value is -2.47. The highest BCUT2D eigenvalue weighted by molar-refractivity contribution is 7.18. The molecule has 1 fully saturated rings. The van der Waals surface area contributed by atoms with Gasteiger partial charge >= 0.3 is 0 Å². The first-order chi connectivity index (χ1) is 12.8. The first-order valence-electron chi connectivity index (χ1n) is 9.24. The number of benzene rings is 1. The van der Waals surface area contributed by atoms with E-state index < -0.39 is 0 Å². The van der Waals surface area contributed by atoms with E-state index in [1.165, 1.54) is 42.4 Å². The van der Waals surface area contributed by atoms with Gasteiger partial charge in [-0.2, -0.15) is 4.98 Å². The number of anilines is 1. The van der Waals surface area contributed by atoms with Crippen molar-refractivity contribution >= 4 is 38.5 Å². The average molecular weight is 363 g/mol.